The van der Waals surface area contributed by atoms with Gasteiger partial charge in [-0.3, -0.25) is 9.79 Å². The minimum atomic E-state index is -0.333. The van der Waals surface area contributed by atoms with E-state index in [2.05, 4.69) is 43.3 Å². The Bertz CT molecular complexity index is 968. The molecular weight excluding hydrogens is 282 g/mol. The summed E-state index contributed by atoms with van der Waals surface area (Å²) in [5, 5.41) is 2.41. The molecule has 1 unspecified atom stereocenters. The van der Waals surface area contributed by atoms with E-state index in [0.29, 0.717) is 0 Å². The molecule has 3 aromatic rings. The third kappa shape index (κ3) is 2.10. The lowest BCUT2D eigenvalue weighted by Gasteiger charge is -2.21. The Labute approximate surface area is 135 Å². The standard InChI is InChI=1S/C21H17NO/c1-13-11-12-18(16-8-4-3-7-15(13)16)20-17-9-5-6-10-19(17)21(23)14(2)22-20/h3-12,14H,1-2H3. The van der Waals surface area contributed by atoms with Gasteiger partial charge in [-0.05, 0) is 30.2 Å². The lowest BCUT2D eigenvalue weighted by molar-refractivity contribution is 0.0966. The van der Waals surface area contributed by atoms with Gasteiger partial charge in [0.15, 0.2) is 5.78 Å². The van der Waals surface area contributed by atoms with Crippen LogP contribution in [0.2, 0.25) is 0 Å². The van der Waals surface area contributed by atoms with Gasteiger partial charge in [0, 0.05) is 16.7 Å². The summed E-state index contributed by atoms with van der Waals surface area (Å²) >= 11 is 0. The van der Waals surface area contributed by atoms with Crippen molar-refractivity contribution in [1.82, 2.24) is 0 Å². The van der Waals surface area contributed by atoms with Crippen LogP contribution in [0, 0.1) is 6.92 Å². The molecule has 2 nitrogen and oxygen atoms in total. The molecule has 112 valence electrons. The molecule has 4 rings (SSSR count). The zero-order valence-electron chi connectivity index (χ0n) is 13.2. The first-order valence-corrected chi connectivity index (χ1v) is 7.87. The number of aryl methyl sites for hydroxylation is 1. The molecule has 0 amide bonds. The topological polar surface area (TPSA) is 29.4 Å². The number of nitrogens with zero attached hydrogens (tertiary/aromatic N) is 1. The first-order valence-electron chi connectivity index (χ1n) is 7.87. The molecule has 2 heteroatoms. The van der Waals surface area contributed by atoms with Crippen LogP contribution in [-0.2, 0) is 0 Å². The van der Waals surface area contributed by atoms with Crippen molar-refractivity contribution in [2.75, 3.05) is 0 Å². The van der Waals surface area contributed by atoms with Crippen LogP contribution in [0.4, 0.5) is 0 Å². The third-order valence-electron chi connectivity index (χ3n) is 4.55. The van der Waals surface area contributed by atoms with E-state index in [4.69, 9.17) is 4.99 Å². The Balaban J connectivity index is 2.04. The Hall–Kier alpha value is -2.74. The molecule has 0 saturated carbocycles. The molecule has 1 aliphatic heterocycles. The van der Waals surface area contributed by atoms with Gasteiger partial charge in [-0.2, -0.15) is 0 Å². The zero-order chi connectivity index (χ0) is 16.0. The summed E-state index contributed by atoms with van der Waals surface area (Å²) in [6, 6.07) is 20.1. The second kappa shape index (κ2) is 5.17. The number of aliphatic imine (C=N–C) groups is 1. The van der Waals surface area contributed by atoms with Gasteiger partial charge in [-0.15, -0.1) is 0 Å². The van der Waals surface area contributed by atoms with Gasteiger partial charge < -0.3 is 0 Å². The first-order chi connectivity index (χ1) is 11.2. The maximum Gasteiger partial charge on any atom is 0.187 e. The molecule has 0 bridgehead atoms. The molecule has 0 radical (unpaired) electrons. The largest absolute Gasteiger partial charge is 0.292 e. The molecule has 3 aromatic carbocycles. The van der Waals surface area contributed by atoms with E-state index in [1.54, 1.807) is 0 Å². The fourth-order valence-electron chi connectivity index (χ4n) is 3.32. The Kier molecular flexibility index (Phi) is 3.12. The van der Waals surface area contributed by atoms with E-state index >= 15 is 0 Å². The van der Waals surface area contributed by atoms with Crippen LogP contribution in [0.3, 0.4) is 0 Å². The van der Waals surface area contributed by atoms with Crippen molar-refractivity contribution < 1.29 is 4.79 Å². The van der Waals surface area contributed by atoms with Crippen molar-refractivity contribution in [2.45, 2.75) is 19.9 Å². The summed E-state index contributed by atoms with van der Waals surface area (Å²) in [5.41, 5.74) is 4.97. The second-order valence-electron chi connectivity index (χ2n) is 6.04. The maximum absolute atomic E-state index is 12.4. The summed E-state index contributed by atoms with van der Waals surface area (Å²) in [7, 11) is 0. The number of Topliss-reactive ketones (excluding diaryl/α,β-unsaturated/α-hetero) is 1. The average molecular weight is 299 g/mol. The summed E-state index contributed by atoms with van der Waals surface area (Å²) in [4.78, 5) is 17.1. The van der Waals surface area contributed by atoms with E-state index in [1.165, 1.54) is 16.3 Å². The monoisotopic (exact) mass is 299 g/mol. The Morgan fingerprint density at radius 3 is 2.22 bits per heavy atom. The van der Waals surface area contributed by atoms with E-state index in [1.807, 2.05) is 31.2 Å². The smallest absolute Gasteiger partial charge is 0.187 e. The van der Waals surface area contributed by atoms with Crippen molar-refractivity contribution in [2.24, 2.45) is 4.99 Å². The Morgan fingerprint density at radius 2 is 1.43 bits per heavy atom. The molecule has 0 saturated heterocycles. The third-order valence-corrected chi connectivity index (χ3v) is 4.55. The number of rotatable bonds is 1. The summed E-state index contributed by atoms with van der Waals surface area (Å²) in [5.74, 6) is 0.0979. The van der Waals surface area contributed by atoms with Gasteiger partial charge in [0.1, 0.15) is 6.04 Å². The van der Waals surface area contributed by atoms with Gasteiger partial charge >= 0.3 is 0 Å². The van der Waals surface area contributed by atoms with Crippen LogP contribution >= 0.6 is 0 Å². The number of hydrogen-bond donors (Lipinski definition) is 0. The van der Waals surface area contributed by atoms with Crippen molar-refractivity contribution in [3.05, 3.63) is 82.9 Å². The number of hydrogen-bond acceptors (Lipinski definition) is 2. The lowest BCUT2D eigenvalue weighted by Crippen LogP contribution is -2.26. The molecule has 1 heterocycles. The lowest BCUT2D eigenvalue weighted by atomic mass is 9.87. The highest BCUT2D eigenvalue weighted by Gasteiger charge is 2.27. The minimum Gasteiger partial charge on any atom is -0.292 e. The van der Waals surface area contributed by atoms with Crippen molar-refractivity contribution in [1.29, 1.82) is 0 Å². The molecule has 0 aromatic heterocycles. The van der Waals surface area contributed by atoms with Gasteiger partial charge in [-0.1, -0.05) is 60.7 Å². The second-order valence-corrected chi connectivity index (χ2v) is 6.04. The number of carbonyl (C=O) groups is 1. The normalized spacial score (nSPS) is 17.0. The fraction of sp³-hybridized carbons (Fsp3) is 0.143. The molecule has 0 aliphatic carbocycles. The molecule has 0 spiro atoms. The highest BCUT2D eigenvalue weighted by atomic mass is 16.1. The summed E-state index contributed by atoms with van der Waals surface area (Å²) in [6.45, 7) is 3.99. The summed E-state index contributed by atoms with van der Waals surface area (Å²) in [6.07, 6.45) is 0. The number of ketones is 1. The van der Waals surface area contributed by atoms with Gasteiger partial charge in [0.05, 0.1) is 5.71 Å². The molecule has 1 atom stereocenters. The zero-order valence-corrected chi connectivity index (χ0v) is 13.2. The minimum absolute atomic E-state index is 0.0979. The molecule has 1 aliphatic rings. The van der Waals surface area contributed by atoms with Crippen LogP contribution in [-0.4, -0.2) is 17.5 Å². The molecule has 0 N–H and O–H groups in total. The van der Waals surface area contributed by atoms with Gasteiger partial charge in [0.25, 0.3) is 0 Å². The van der Waals surface area contributed by atoms with Gasteiger partial charge in [0.2, 0.25) is 0 Å². The molecule has 0 fully saturated rings. The number of carbonyl (C=O) groups excluding carboxylic acids is 1. The maximum atomic E-state index is 12.4. The quantitative estimate of drug-likeness (QED) is 0.647. The van der Waals surface area contributed by atoms with Crippen molar-refractivity contribution in [3.63, 3.8) is 0 Å². The predicted octanol–water partition coefficient (Wildman–Crippen LogP) is 4.57. The van der Waals surface area contributed by atoms with Crippen LogP contribution in [0.1, 0.15) is 34.0 Å². The predicted molar refractivity (Wildman–Crippen MR) is 94.6 cm³/mol. The number of fused-ring (bicyclic) bond motifs is 2. The summed E-state index contributed by atoms with van der Waals surface area (Å²) < 4.78 is 0. The van der Waals surface area contributed by atoms with E-state index in [9.17, 15) is 4.79 Å². The molecular formula is C21H17NO. The van der Waals surface area contributed by atoms with Crippen LogP contribution in [0.5, 0.6) is 0 Å². The van der Waals surface area contributed by atoms with Gasteiger partial charge in [-0.25, -0.2) is 0 Å². The Morgan fingerprint density at radius 1 is 0.783 bits per heavy atom. The highest BCUT2D eigenvalue weighted by Crippen LogP contribution is 2.29. The highest BCUT2D eigenvalue weighted by molar-refractivity contribution is 6.26. The fourth-order valence-corrected chi connectivity index (χ4v) is 3.32. The van der Waals surface area contributed by atoms with E-state index in [0.717, 1.165) is 22.4 Å². The molecule has 23 heavy (non-hydrogen) atoms. The van der Waals surface area contributed by atoms with Crippen molar-refractivity contribution in [3.8, 4) is 0 Å². The van der Waals surface area contributed by atoms with Crippen LogP contribution < -0.4 is 0 Å². The van der Waals surface area contributed by atoms with E-state index < -0.39 is 0 Å². The number of benzene rings is 3. The van der Waals surface area contributed by atoms with Crippen LogP contribution in [0.25, 0.3) is 10.8 Å². The first kappa shape index (κ1) is 13.9. The SMILES string of the molecule is Cc1ccc(C2=NC(C)C(=O)c3ccccc32)c2ccccc12. The van der Waals surface area contributed by atoms with E-state index in [-0.39, 0.29) is 11.8 Å². The van der Waals surface area contributed by atoms with Crippen LogP contribution in [0.15, 0.2) is 65.7 Å². The van der Waals surface area contributed by atoms with Crippen molar-refractivity contribution >= 4 is 22.3 Å². The average Bonchev–Trinajstić information content (AvgIpc) is 2.59.